The van der Waals surface area contributed by atoms with Gasteiger partial charge in [0.25, 0.3) is 0 Å². The van der Waals surface area contributed by atoms with Crippen molar-refractivity contribution in [2.75, 3.05) is 0 Å². The maximum atomic E-state index is 12.1. The Morgan fingerprint density at radius 1 is 1.36 bits per heavy atom. The van der Waals surface area contributed by atoms with E-state index in [0.29, 0.717) is 21.4 Å². The van der Waals surface area contributed by atoms with Gasteiger partial charge in [0.1, 0.15) is 16.8 Å². The number of hydrogen-bond donors (Lipinski definition) is 1. The minimum absolute atomic E-state index is 0.0122. The lowest BCUT2D eigenvalue weighted by atomic mass is 10.2. The number of nitrogens with one attached hydrogen (secondary N) is 1. The average Bonchev–Trinajstić information content (AvgIpc) is 3.24. The number of furan rings is 1. The fourth-order valence-corrected chi connectivity index (χ4v) is 3.14. The Morgan fingerprint density at radius 2 is 2.07 bits per heavy atom. The Bertz CT molecular complexity index is 1060. The van der Waals surface area contributed by atoms with Crippen molar-refractivity contribution in [2.24, 2.45) is 5.10 Å². The number of nitro groups is 1. The van der Waals surface area contributed by atoms with Gasteiger partial charge in [0.2, 0.25) is 0 Å². The molecule has 3 rings (SSSR count). The van der Waals surface area contributed by atoms with Crippen LogP contribution in [0.1, 0.15) is 21.9 Å². The summed E-state index contributed by atoms with van der Waals surface area (Å²) in [4.78, 5) is 22.3. The lowest BCUT2D eigenvalue weighted by Crippen LogP contribution is -2.16. The lowest BCUT2D eigenvalue weighted by molar-refractivity contribution is -0.390. The summed E-state index contributed by atoms with van der Waals surface area (Å²) in [6.07, 6.45) is 2.77. The van der Waals surface area contributed by atoms with Crippen LogP contribution >= 0.6 is 39.1 Å². The highest BCUT2D eigenvalue weighted by Crippen LogP contribution is 2.23. The van der Waals surface area contributed by atoms with E-state index < -0.39 is 10.8 Å². The zero-order valence-electron chi connectivity index (χ0n) is 13.8. The minimum atomic E-state index is -0.606. The summed E-state index contributed by atoms with van der Waals surface area (Å²) in [6, 6.07) is 8.00. The maximum absolute atomic E-state index is 12.1. The van der Waals surface area contributed by atoms with E-state index in [0.717, 1.165) is 0 Å². The summed E-state index contributed by atoms with van der Waals surface area (Å²) in [5, 5.41) is 19.2. The fourth-order valence-electron chi connectivity index (χ4n) is 2.18. The Labute approximate surface area is 176 Å². The van der Waals surface area contributed by atoms with E-state index in [2.05, 4.69) is 31.6 Å². The van der Waals surface area contributed by atoms with Gasteiger partial charge in [-0.1, -0.05) is 29.3 Å². The summed E-state index contributed by atoms with van der Waals surface area (Å²) in [7, 11) is 0. The summed E-state index contributed by atoms with van der Waals surface area (Å²) in [5.74, 6) is -0.498. The molecule has 12 heteroatoms. The van der Waals surface area contributed by atoms with E-state index in [1.807, 2.05) is 0 Å². The van der Waals surface area contributed by atoms with Gasteiger partial charge in [0.15, 0.2) is 5.76 Å². The smallest absolute Gasteiger partial charge is 0.404 e. The number of rotatable bonds is 6. The quantitative estimate of drug-likeness (QED) is 0.317. The maximum Gasteiger partial charge on any atom is 0.404 e. The Balaban J connectivity index is 1.65. The molecule has 1 aromatic carbocycles. The van der Waals surface area contributed by atoms with Crippen molar-refractivity contribution in [3.05, 3.63) is 78.2 Å². The number of hydrogen-bond acceptors (Lipinski definition) is 6. The molecule has 2 heterocycles. The molecule has 0 aliphatic rings. The molecule has 144 valence electrons. The SMILES string of the molecule is O=C(N/N=C\c1c(Cl)cccc1Cl)c1ccc(Cn2cc(Br)c([N+](=O)[O-])n2)o1. The number of nitrogens with zero attached hydrogens (tertiary/aromatic N) is 4. The molecule has 28 heavy (non-hydrogen) atoms. The molecule has 1 amide bonds. The molecular formula is C16H10BrCl2N5O4. The van der Waals surface area contributed by atoms with Crippen LogP contribution in [0.2, 0.25) is 10.0 Å². The van der Waals surface area contributed by atoms with Crippen LogP contribution in [0.3, 0.4) is 0 Å². The van der Waals surface area contributed by atoms with Gasteiger partial charge >= 0.3 is 11.7 Å². The zero-order chi connectivity index (χ0) is 20.3. The van der Waals surface area contributed by atoms with Crippen molar-refractivity contribution >= 4 is 57.1 Å². The minimum Gasteiger partial charge on any atom is -0.454 e. The van der Waals surface area contributed by atoms with Gasteiger partial charge in [-0.15, -0.1) is 0 Å². The number of carbonyl (C=O) groups is 1. The largest absolute Gasteiger partial charge is 0.454 e. The molecule has 3 aromatic rings. The molecule has 0 radical (unpaired) electrons. The molecule has 0 fully saturated rings. The van der Waals surface area contributed by atoms with Crippen LogP contribution in [0.25, 0.3) is 0 Å². The monoisotopic (exact) mass is 485 g/mol. The third kappa shape index (κ3) is 4.58. The molecular weight excluding hydrogens is 477 g/mol. The van der Waals surface area contributed by atoms with Gasteiger partial charge in [-0.25, -0.2) is 5.43 Å². The number of hydrazone groups is 1. The Kier molecular flexibility index (Phi) is 6.12. The Hall–Kier alpha value is -2.69. The fraction of sp³-hybridized carbons (Fsp3) is 0.0625. The summed E-state index contributed by atoms with van der Waals surface area (Å²) < 4.78 is 6.99. The molecule has 1 N–H and O–H groups in total. The molecule has 0 aliphatic heterocycles. The molecule has 0 aliphatic carbocycles. The predicted octanol–water partition coefficient (Wildman–Crippen LogP) is 4.27. The average molecular weight is 487 g/mol. The summed E-state index contributed by atoms with van der Waals surface area (Å²) in [5.41, 5.74) is 2.78. The molecule has 0 saturated heterocycles. The van der Waals surface area contributed by atoms with Crippen LogP contribution in [-0.2, 0) is 6.54 Å². The highest BCUT2D eigenvalue weighted by atomic mass is 79.9. The third-order valence-electron chi connectivity index (χ3n) is 3.43. The first kappa shape index (κ1) is 20.1. The molecule has 0 spiro atoms. The van der Waals surface area contributed by atoms with E-state index in [4.69, 9.17) is 27.6 Å². The topological polar surface area (TPSA) is 116 Å². The standard InChI is InChI=1S/C16H10BrCl2N5O4/c17-11-8-23(22-15(11)24(26)27)7-9-4-5-14(28-9)16(25)21-20-6-10-12(18)2-1-3-13(10)19/h1-6,8H,7H2,(H,21,25)/b20-6-. The number of aromatic nitrogens is 2. The van der Waals surface area contributed by atoms with Gasteiger partial charge in [0, 0.05) is 5.56 Å². The normalized spacial score (nSPS) is 11.1. The van der Waals surface area contributed by atoms with Crippen molar-refractivity contribution < 1.29 is 14.1 Å². The van der Waals surface area contributed by atoms with E-state index in [-0.39, 0.29) is 22.6 Å². The van der Waals surface area contributed by atoms with Crippen LogP contribution in [0.4, 0.5) is 5.82 Å². The number of amides is 1. The van der Waals surface area contributed by atoms with E-state index in [1.54, 1.807) is 24.3 Å². The number of halogens is 3. The second-order valence-electron chi connectivity index (χ2n) is 5.36. The van der Waals surface area contributed by atoms with Crippen molar-refractivity contribution in [3.8, 4) is 0 Å². The van der Waals surface area contributed by atoms with Gasteiger partial charge < -0.3 is 14.5 Å². The lowest BCUT2D eigenvalue weighted by Gasteiger charge is -2.00. The molecule has 0 unspecified atom stereocenters. The Morgan fingerprint density at radius 3 is 2.71 bits per heavy atom. The second-order valence-corrected chi connectivity index (χ2v) is 7.02. The van der Waals surface area contributed by atoms with Crippen LogP contribution in [0, 0.1) is 10.1 Å². The van der Waals surface area contributed by atoms with Crippen LogP contribution in [0.15, 0.2) is 50.5 Å². The van der Waals surface area contributed by atoms with Crippen molar-refractivity contribution in [1.29, 1.82) is 0 Å². The van der Waals surface area contributed by atoms with Gasteiger partial charge in [-0.2, -0.15) is 9.78 Å². The first-order chi connectivity index (χ1) is 13.3. The van der Waals surface area contributed by atoms with Crippen LogP contribution < -0.4 is 5.43 Å². The van der Waals surface area contributed by atoms with Crippen LogP contribution in [0.5, 0.6) is 0 Å². The first-order valence-electron chi connectivity index (χ1n) is 7.58. The molecule has 9 nitrogen and oxygen atoms in total. The molecule has 0 saturated carbocycles. The third-order valence-corrected chi connectivity index (χ3v) is 4.65. The van der Waals surface area contributed by atoms with Crippen molar-refractivity contribution in [1.82, 2.24) is 15.2 Å². The second kappa shape index (κ2) is 8.55. The molecule has 0 atom stereocenters. The molecule has 2 aromatic heterocycles. The van der Waals surface area contributed by atoms with Crippen LogP contribution in [-0.4, -0.2) is 26.8 Å². The summed E-state index contributed by atoms with van der Waals surface area (Å²) >= 11 is 15.1. The zero-order valence-corrected chi connectivity index (χ0v) is 16.9. The predicted molar refractivity (Wildman–Crippen MR) is 106 cm³/mol. The van der Waals surface area contributed by atoms with E-state index in [9.17, 15) is 14.9 Å². The van der Waals surface area contributed by atoms with Gasteiger partial charge in [0.05, 0.1) is 27.6 Å². The number of carbonyl (C=O) groups excluding carboxylic acids is 1. The number of benzene rings is 1. The highest BCUT2D eigenvalue weighted by Gasteiger charge is 2.20. The van der Waals surface area contributed by atoms with Crippen molar-refractivity contribution in [2.45, 2.75) is 6.54 Å². The molecule has 0 bridgehead atoms. The van der Waals surface area contributed by atoms with Gasteiger partial charge in [-0.3, -0.25) is 4.79 Å². The van der Waals surface area contributed by atoms with E-state index in [1.165, 1.54) is 23.2 Å². The highest BCUT2D eigenvalue weighted by molar-refractivity contribution is 9.10. The van der Waals surface area contributed by atoms with Gasteiger partial charge in [-0.05, 0) is 45.1 Å². The summed E-state index contributed by atoms with van der Waals surface area (Å²) in [6.45, 7) is 0.109. The van der Waals surface area contributed by atoms with E-state index >= 15 is 0 Å². The first-order valence-corrected chi connectivity index (χ1v) is 9.13. The van der Waals surface area contributed by atoms with Crippen molar-refractivity contribution in [3.63, 3.8) is 0 Å².